The second-order valence-electron chi connectivity index (χ2n) is 8.46. The molecule has 0 aliphatic rings. The molecule has 0 unspecified atom stereocenters. The lowest BCUT2D eigenvalue weighted by molar-refractivity contribution is 0.0920. The third-order valence-electron chi connectivity index (χ3n) is 6.24. The molecular weight excluding hydrogens is 414 g/mol. The number of benzene rings is 2. The highest BCUT2D eigenvalue weighted by atomic mass is 16.5. The third-order valence-corrected chi connectivity index (χ3v) is 6.24. The van der Waals surface area contributed by atoms with Crippen molar-refractivity contribution in [2.75, 3.05) is 6.61 Å². The first kappa shape index (κ1) is 22.4. The molecule has 0 N–H and O–H groups in total. The number of nitrogens with zero attached hydrogens (tertiary/aromatic N) is 3. The Morgan fingerprint density at radius 1 is 0.879 bits per heavy atom. The zero-order valence-electron chi connectivity index (χ0n) is 20.0. The molecule has 0 atom stereocenters. The molecule has 2 aromatic heterocycles. The summed E-state index contributed by atoms with van der Waals surface area (Å²) in [5.74, 6) is 0.623. The van der Waals surface area contributed by atoms with E-state index in [1.807, 2.05) is 106 Å². The lowest BCUT2D eigenvalue weighted by atomic mass is 10.1. The van der Waals surface area contributed by atoms with Gasteiger partial charge in [-0.15, -0.1) is 0 Å². The molecule has 0 saturated heterocycles. The van der Waals surface area contributed by atoms with Crippen LogP contribution in [0.4, 0.5) is 0 Å². The lowest BCUT2D eigenvalue weighted by Gasteiger charge is -2.11. The van der Waals surface area contributed by atoms with Gasteiger partial charge in [-0.1, -0.05) is 36.4 Å². The number of ketones is 1. The Bertz CT molecular complexity index is 1380. The Kier molecular flexibility index (Phi) is 5.85. The first-order valence-corrected chi connectivity index (χ1v) is 11.0. The topological polar surface area (TPSA) is 58.2 Å². The molecule has 6 heteroatoms. The van der Waals surface area contributed by atoms with Crippen LogP contribution in [0.25, 0.3) is 11.4 Å². The number of rotatable bonds is 6. The van der Waals surface area contributed by atoms with Gasteiger partial charge in [0.05, 0.1) is 11.4 Å². The van der Waals surface area contributed by atoms with Crippen LogP contribution in [0.3, 0.4) is 0 Å². The van der Waals surface area contributed by atoms with E-state index in [2.05, 4.69) is 0 Å². The molecule has 0 spiro atoms. The largest absolute Gasteiger partial charge is 0.485 e. The number of hydrogen-bond acceptors (Lipinski definition) is 3. The lowest BCUT2D eigenvalue weighted by Crippen LogP contribution is -2.22. The summed E-state index contributed by atoms with van der Waals surface area (Å²) in [6.07, 6.45) is 0. The normalized spacial score (nSPS) is 11.1. The summed E-state index contributed by atoms with van der Waals surface area (Å²) in [5.41, 5.74) is 6.14. The van der Waals surface area contributed by atoms with Crippen molar-refractivity contribution in [3.8, 4) is 17.1 Å². The van der Waals surface area contributed by atoms with E-state index in [0.29, 0.717) is 11.3 Å². The van der Waals surface area contributed by atoms with Crippen LogP contribution < -0.4 is 10.3 Å². The van der Waals surface area contributed by atoms with E-state index in [4.69, 9.17) is 4.74 Å². The molecule has 4 rings (SSSR count). The van der Waals surface area contributed by atoms with Crippen LogP contribution in [0, 0.1) is 34.6 Å². The molecule has 0 aliphatic carbocycles. The van der Waals surface area contributed by atoms with Crippen LogP contribution in [0.15, 0.2) is 59.4 Å². The minimum absolute atomic E-state index is 0.0575. The molecular formula is C27H29N3O3. The molecule has 0 bridgehead atoms. The van der Waals surface area contributed by atoms with E-state index >= 15 is 0 Å². The van der Waals surface area contributed by atoms with Crippen LogP contribution >= 0.6 is 0 Å². The Balaban J connectivity index is 1.72. The summed E-state index contributed by atoms with van der Waals surface area (Å²) >= 11 is 0. The average molecular weight is 444 g/mol. The molecule has 0 aliphatic heterocycles. The van der Waals surface area contributed by atoms with E-state index < -0.39 is 0 Å². The van der Waals surface area contributed by atoms with Gasteiger partial charge in [0.25, 0.3) is 5.56 Å². The van der Waals surface area contributed by atoms with Gasteiger partial charge in [0.15, 0.2) is 6.61 Å². The van der Waals surface area contributed by atoms with E-state index in [-0.39, 0.29) is 17.9 Å². The van der Waals surface area contributed by atoms with Crippen LogP contribution in [0.1, 0.15) is 38.6 Å². The van der Waals surface area contributed by atoms with Crippen molar-refractivity contribution in [3.05, 3.63) is 98.7 Å². The third kappa shape index (κ3) is 3.82. The maximum atomic E-state index is 13.5. The highest BCUT2D eigenvalue weighted by molar-refractivity contribution is 5.98. The van der Waals surface area contributed by atoms with Crippen molar-refractivity contribution in [2.24, 2.45) is 7.05 Å². The van der Waals surface area contributed by atoms with Crippen molar-refractivity contribution < 1.29 is 9.53 Å². The summed E-state index contributed by atoms with van der Waals surface area (Å²) < 4.78 is 11.3. The first-order chi connectivity index (χ1) is 15.7. The van der Waals surface area contributed by atoms with Gasteiger partial charge in [-0.05, 0) is 63.9 Å². The standard InChI is InChI=1S/C27H29N3O3/c1-17-11-10-12-18(2)26(17)33-16-24(31)23-15-19(3)29(20(23)4)25-21(5)28(6)30(27(25)32)22-13-8-7-9-14-22/h7-15H,16H2,1-6H3. The van der Waals surface area contributed by atoms with Crippen molar-refractivity contribution in [2.45, 2.75) is 34.6 Å². The number of Topliss-reactive ketones (excluding diaryl/α,β-unsaturated/α-hetero) is 1. The van der Waals surface area contributed by atoms with Crippen LogP contribution in [-0.2, 0) is 7.05 Å². The molecule has 0 amide bonds. The second-order valence-corrected chi connectivity index (χ2v) is 8.46. The number of carbonyl (C=O) groups is 1. The van der Waals surface area contributed by atoms with Gasteiger partial charge in [-0.25, -0.2) is 4.68 Å². The second kappa shape index (κ2) is 8.62. The van der Waals surface area contributed by atoms with Gasteiger partial charge < -0.3 is 9.30 Å². The molecule has 170 valence electrons. The summed E-state index contributed by atoms with van der Waals surface area (Å²) in [4.78, 5) is 26.6. The quantitative estimate of drug-likeness (QED) is 0.403. The van der Waals surface area contributed by atoms with Gasteiger partial charge in [-0.2, -0.15) is 0 Å². The van der Waals surface area contributed by atoms with Crippen molar-refractivity contribution >= 4 is 5.78 Å². The van der Waals surface area contributed by atoms with Gasteiger partial charge in [0, 0.05) is 24.0 Å². The minimum atomic E-state index is -0.131. The van der Waals surface area contributed by atoms with E-state index in [1.54, 1.807) is 4.68 Å². The summed E-state index contributed by atoms with van der Waals surface area (Å²) in [5, 5.41) is 0. The van der Waals surface area contributed by atoms with Crippen LogP contribution in [0.5, 0.6) is 5.75 Å². The fraction of sp³-hybridized carbons (Fsp3) is 0.259. The van der Waals surface area contributed by atoms with Gasteiger partial charge in [-0.3, -0.25) is 14.3 Å². The number of ether oxygens (including phenoxy) is 1. The smallest absolute Gasteiger partial charge is 0.295 e. The Morgan fingerprint density at radius 3 is 2.15 bits per heavy atom. The molecule has 33 heavy (non-hydrogen) atoms. The molecule has 0 saturated carbocycles. The van der Waals surface area contributed by atoms with Crippen molar-refractivity contribution in [3.63, 3.8) is 0 Å². The Labute approximate surface area is 193 Å². The summed E-state index contributed by atoms with van der Waals surface area (Å²) in [6.45, 7) is 9.58. The molecule has 6 nitrogen and oxygen atoms in total. The molecule has 2 aromatic carbocycles. The fourth-order valence-corrected chi connectivity index (χ4v) is 4.44. The van der Waals surface area contributed by atoms with Crippen molar-refractivity contribution in [1.29, 1.82) is 0 Å². The SMILES string of the molecule is Cc1cccc(C)c1OCC(=O)c1cc(C)n(-c2c(C)n(C)n(-c3ccccc3)c2=O)c1C. The summed E-state index contributed by atoms with van der Waals surface area (Å²) in [7, 11) is 1.87. The monoisotopic (exact) mass is 443 g/mol. The highest BCUT2D eigenvalue weighted by Gasteiger charge is 2.24. The van der Waals surface area contributed by atoms with E-state index in [1.165, 1.54) is 0 Å². The summed E-state index contributed by atoms with van der Waals surface area (Å²) in [6, 6.07) is 17.3. The molecule has 0 radical (unpaired) electrons. The minimum Gasteiger partial charge on any atom is -0.485 e. The predicted octanol–water partition coefficient (Wildman–Crippen LogP) is 4.77. The van der Waals surface area contributed by atoms with Gasteiger partial charge in [0.1, 0.15) is 11.4 Å². The molecule has 4 aromatic rings. The number of hydrogen-bond donors (Lipinski definition) is 0. The maximum Gasteiger partial charge on any atom is 0.295 e. The van der Waals surface area contributed by atoms with Crippen LogP contribution in [0.2, 0.25) is 0 Å². The molecule has 2 heterocycles. The van der Waals surface area contributed by atoms with Gasteiger partial charge >= 0.3 is 0 Å². The predicted molar refractivity (Wildman–Crippen MR) is 130 cm³/mol. The average Bonchev–Trinajstić information content (AvgIpc) is 3.19. The zero-order chi connectivity index (χ0) is 23.9. The van der Waals surface area contributed by atoms with Gasteiger partial charge in [0.2, 0.25) is 5.78 Å². The van der Waals surface area contributed by atoms with Crippen LogP contribution in [-0.4, -0.2) is 26.3 Å². The van der Waals surface area contributed by atoms with E-state index in [0.717, 1.165) is 39.6 Å². The number of carbonyl (C=O) groups excluding carboxylic acids is 1. The number of para-hydroxylation sites is 2. The Morgan fingerprint density at radius 2 is 1.52 bits per heavy atom. The Hall–Kier alpha value is -3.80. The van der Waals surface area contributed by atoms with E-state index in [9.17, 15) is 9.59 Å². The highest BCUT2D eigenvalue weighted by Crippen LogP contribution is 2.25. The fourth-order valence-electron chi connectivity index (χ4n) is 4.44. The zero-order valence-corrected chi connectivity index (χ0v) is 20.0. The van der Waals surface area contributed by atoms with Crippen molar-refractivity contribution in [1.82, 2.24) is 13.9 Å². The first-order valence-electron chi connectivity index (χ1n) is 11.0. The number of aromatic nitrogens is 3. The maximum absolute atomic E-state index is 13.5. The number of aryl methyl sites for hydroxylation is 3. The molecule has 0 fully saturated rings.